The third-order valence-corrected chi connectivity index (χ3v) is 5.27. The van der Waals surface area contributed by atoms with Gasteiger partial charge in [0.05, 0.1) is 18.1 Å². The number of carbonyl (C=O) groups excluding carboxylic acids is 1. The van der Waals surface area contributed by atoms with Crippen molar-refractivity contribution in [2.24, 2.45) is 5.92 Å². The molecule has 7 heteroatoms. The Kier molecular flexibility index (Phi) is 4.86. The zero-order valence-electron chi connectivity index (χ0n) is 15.1. The van der Waals surface area contributed by atoms with Crippen LogP contribution < -0.4 is 0 Å². The van der Waals surface area contributed by atoms with Gasteiger partial charge < -0.3 is 19.7 Å². The van der Waals surface area contributed by atoms with Gasteiger partial charge in [-0.1, -0.05) is 20.8 Å². The highest BCUT2D eigenvalue weighted by Crippen LogP contribution is 2.32. The summed E-state index contributed by atoms with van der Waals surface area (Å²) in [5.41, 5.74) is 1.21. The molecule has 2 N–H and O–H groups in total. The smallest absolute Gasteiger partial charge is 0.332 e. The van der Waals surface area contributed by atoms with Gasteiger partial charge in [-0.3, -0.25) is 4.79 Å². The molecule has 2 saturated heterocycles. The molecule has 138 valence electrons. The normalized spacial score (nSPS) is 25.3. The fourth-order valence-electron chi connectivity index (χ4n) is 3.84. The minimum Gasteiger partial charge on any atom is -0.479 e. The quantitative estimate of drug-likeness (QED) is 0.872. The van der Waals surface area contributed by atoms with Gasteiger partial charge in [-0.15, -0.1) is 0 Å². The Balaban J connectivity index is 1.59. The molecule has 7 nitrogen and oxygen atoms in total. The number of hydrogen-bond acceptors (Lipinski definition) is 4. The zero-order valence-corrected chi connectivity index (χ0v) is 15.1. The number of aromatic amines is 1. The highest BCUT2D eigenvalue weighted by molar-refractivity contribution is 5.93. The van der Waals surface area contributed by atoms with Crippen molar-refractivity contribution in [2.75, 3.05) is 13.1 Å². The van der Waals surface area contributed by atoms with E-state index in [1.54, 1.807) is 6.33 Å². The summed E-state index contributed by atoms with van der Waals surface area (Å²) in [4.78, 5) is 33.1. The van der Waals surface area contributed by atoms with Crippen LogP contribution in [-0.2, 0) is 14.9 Å². The molecule has 2 aliphatic heterocycles. The topological polar surface area (TPSA) is 95.5 Å². The number of ether oxygens (including phenoxy) is 1. The number of aliphatic carboxylic acids is 1. The first-order valence-electron chi connectivity index (χ1n) is 8.98. The van der Waals surface area contributed by atoms with Gasteiger partial charge in [0.2, 0.25) is 0 Å². The largest absolute Gasteiger partial charge is 0.479 e. The van der Waals surface area contributed by atoms with E-state index in [1.165, 1.54) is 0 Å². The van der Waals surface area contributed by atoms with Crippen LogP contribution >= 0.6 is 0 Å². The molecule has 3 heterocycles. The number of piperidine rings is 1. The van der Waals surface area contributed by atoms with Crippen LogP contribution in [0.25, 0.3) is 0 Å². The number of imidazole rings is 1. The number of aromatic nitrogens is 2. The van der Waals surface area contributed by atoms with Gasteiger partial charge in [0.15, 0.2) is 6.10 Å². The summed E-state index contributed by atoms with van der Waals surface area (Å²) < 4.78 is 5.67. The van der Waals surface area contributed by atoms with Crippen LogP contribution in [0.5, 0.6) is 0 Å². The van der Waals surface area contributed by atoms with E-state index in [0.717, 1.165) is 25.0 Å². The minimum atomic E-state index is -0.872. The lowest BCUT2D eigenvalue weighted by molar-refractivity contribution is -0.150. The van der Waals surface area contributed by atoms with Crippen molar-refractivity contribution in [1.29, 1.82) is 0 Å². The SMILES string of the molecule is CC(C)(C)c1[nH]cnc1C(=O)N1CCC([C@@H]2CC[C@H](C(=O)O)O2)CC1. The number of carboxylic acid groups (broad SMARTS) is 1. The first-order valence-corrected chi connectivity index (χ1v) is 8.98. The number of rotatable bonds is 3. The molecular weight excluding hydrogens is 322 g/mol. The standard InChI is InChI=1S/C18H27N3O4/c1-18(2,3)15-14(19-10-20-15)16(22)21-8-6-11(7-9-21)12-4-5-13(25-12)17(23)24/h10-13H,4-9H2,1-3H3,(H,19,20)(H,23,24)/t12-,13+/m0/s1. The van der Waals surface area contributed by atoms with Gasteiger partial charge in [-0.25, -0.2) is 9.78 Å². The molecule has 2 fully saturated rings. The number of carbonyl (C=O) groups is 2. The number of hydrogen-bond donors (Lipinski definition) is 2. The summed E-state index contributed by atoms with van der Waals surface area (Å²) in [6.07, 6.45) is 4.00. The first-order chi connectivity index (χ1) is 11.8. The maximum absolute atomic E-state index is 12.8. The second-order valence-electron chi connectivity index (χ2n) is 8.08. The zero-order chi connectivity index (χ0) is 18.2. The van der Waals surface area contributed by atoms with E-state index in [-0.39, 0.29) is 17.4 Å². The number of likely N-dealkylation sites (tertiary alicyclic amines) is 1. The van der Waals surface area contributed by atoms with E-state index >= 15 is 0 Å². The molecule has 0 bridgehead atoms. The summed E-state index contributed by atoms with van der Waals surface area (Å²) in [5.74, 6) is -0.571. The van der Waals surface area contributed by atoms with Crippen LogP contribution in [0, 0.1) is 5.92 Å². The molecule has 0 aromatic carbocycles. The number of amides is 1. The first kappa shape index (κ1) is 17.9. The molecule has 0 spiro atoms. The summed E-state index contributed by atoms with van der Waals surface area (Å²) in [6, 6.07) is 0. The van der Waals surface area contributed by atoms with Crippen molar-refractivity contribution < 1.29 is 19.4 Å². The second kappa shape index (κ2) is 6.78. The van der Waals surface area contributed by atoms with Crippen LogP contribution in [0.3, 0.4) is 0 Å². The van der Waals surface area contributed by atoms with Crippen molar-refractivity contribution in [1.82, 2.24) is 14.9 Å². The van der Waals surface area contributed by atoms with Gasteiger partial charge in [-0.2, -0.15) is 0 Å². The average molecular weight is 349 g/mol. The number of H-pyrrole nitrogens is 1. The van der Waals surface area contributed by atoms with Crippen LogP contribution in [0.2, 0.25) is 0 Å². The average Bonchev–Trinajstić information content (AvgIpc) is 3.23. The minimum absolute atomic E-state index is 0.00821. The maximum atomic E-state index is 12.8. The third-order valence-electron chi connectivity index (χ3n) is 5.27. The Morgan fingerprint density at radius 3 is 2.48 bits per heavy atom. The Morgan fingerprint density at radius 1 is 1.24 bits per heavy atom. The molecule has 2 aliphatic rings. The Bertz CT molecular complexity index is 641. The van der Waals surface area contributed by atoms with Crippen molar-refractivity contribution in [3.63, 3.8) is 0 Å². The molecule has 0 unspecified atom stereocenters. The molecule has 1 aromatic rings. The van der Waals surface area contributed by atoms with Gasteiger partial charge in [0, 0.05) is 18.5 Å². The lowest BCUT2D eigenvalue weighted by Gasteiger charge is -2.34. The predicted molar refractivity (Wildman–Crippen MR) is 91.4 cm³/mol. The van der Waals surface area contributed by atoms with Crippen LogP contribution in [-0.4, -0.2) is 57.1 Å². The van der Waals surface area contributed by atoms with Gasteiger partial charge in [-0.05, 0) is 31.6 Å². The second-order valence-corrected chi connectivity index (χ2v) is 8.08. The molecule has 0 aliphatic carbocycles. The molecule has 0 radical (unpaired) electrons. The molecule has 3 rings (SSSR count). The number of nitrogens with one attached hydrogen (secondary N) is 1. The van der Waals surface area contributed by atoms with Gasteiger partial charge >= 0.3 is 5.97 Å². The summed E-state index contributed by atoms with van der Waals surface area (Å²) in [5, 5.41) is 9.05. The van der Waals surface area contributed by atoms with Crippen molar-refractivity contribution in [3.8, 4) is 0 Å². The van der Waals surface area contributed by atoms with Gasteiger partial charge in [0.25, 0.3) is 5.91 Å². The fourth-order valence-corrected chi connectivity index (χ4v) is 3.84. The molecule has 25 heavy (non-hydrogen) atoms. The Labute approximate surface area is 147 Å². The Morgan fingerprint density at radius 2 is 1.92 bits per heavy atom. The van der Waals surface area contributed by atoms with E-state index in [4.69, 9.17) is 9.84 Å². The summed E-state index contributed by atoms with van der Waals surface area (Å²) >= 11 is 0. The maximum Gasteiger partial charge on any atom is 0.332 e. The molecule has 0 saturated carbocycles. The monoisotopic (exact) mass is 349 g/mol. The van der Waals surface area contributed by atoms with E-state index < -0.39 is 12.1 Å². The molecule has 1 amide bonds. The lowest BCUT2D eigenvalue weighted by atomic mass is 9.88. The Hall–Kier alpha value is -1.89. The van der Waals surface area contributed by atoms with Crippen molar-refractivity contribution in [3.05, 3.63) is 17.7 Å². The van der Waals surface area contributed by atoms with Gasteiger partial charge in [0.1, 0.15) is 5.69 Å². The van der Waals surface area contributed by atoms with Crippen LogP contribution in [0.15, 0.2) is 6.33 Å². The predicted octanol–water partition coefficient (Wildman–Crippen LogP) is 2.19. The molecule has 1 aromatic heterocycles. The molecular formula is C18H27N3O4. The van der Waals surface area contributed by atoms with E-state index in [0.29, 0.717) is 31.1 Å². The lowest BCUT2D eigenvalue weighted by Crippen LogP contribution is -2.42. The van der Waals surface area contributed by atoms with Crippen LogP contribution in [0.1, 0.15) is 62.6 Å². The highest BCUT2D eigenvalue weighted by atomic mass is 16.5. The summed E-state index contributed by atoms with van der Waals surface area (Å²) in [7, 11) is 0. The number of nitrogens with zero attached hydrogens (tertiary/aromatic N) is 2. The third kappa shape index (κ3) is 3.71. The molecule has 2 atom stereocenters. The highest BCUT2D eigenvalue weighted by Gasteiger charge is 2.38. The summed E-state index contributed by atoms with van der Waals surface area (Å²) in [6.45, 7) is 7.49. The van der Waals surface area contributed by atoms with E-state index in [9.17, 15) is 9.59 Å². The van der Waals surface area contributed by atoms with Crippen LogP contribution in [0.4, 0.5) is 0 Å². The van der Waals surface area contributed by atoms with Crippen molar-refractivity contribution >= 4 is 11.9 Å². The van der Waals surface area contributed by atoms with E-state index in [1.807, 2.05) is 4.90 Å². The van der Waals surface area contributed by atoms with Crippen molar-refractivity contribution in [2.45, 2.75) is 64.1 Å². The fraction of sp³-hybridized carbons (Fsp3) is 0.722. The van der Waals surface area contributed by atoms with E-state index in [2.05, 4.69) is 30.7 Å². The number of carboxylic acids is 1.